The van der Waals surface area contributed by atoms with Crippen molar-refractivity contribution >= 4 is 24.7 Å². The van der Waals surface area contributed by atoms with E-state index < -0.39 is 10.1 Å². The minimum absolute atomic E-state index is 0.0672. The van der Waals surface area contributed by atoms with Crippen LogP contribution in [-0.2, 0) is 10.1 Å². The van der Waals surface area contributed by atoms with Crippen LogP contribution in [0.15, 0.2) is 77.7 Å². The zero-order chi connectivity index (χ0) is 16.4. The quantitative estimate of drug-likeness (QED) is 0.582. The molecule has 0 aromatic heterocycles. The maximum absolute atomic E-state index is 12.1. The lowest BCUT2D eigenvalue weighted by atomic mass is 9.98. The third kappa shape index (κ3) is 3.20. The zero-order valence-corrected chi connectivity index (χ0v) is 14.1. The van der Waals surface area contributed by atoms with E-state index >= 15 is 0 Å². The van der Waals surface area contributed by atoms with Gasteiger partial charge in [0.2, 0.25) is 0 Å². The van der Waals surface area contributed by atoms with Crippen LogP contribution in [0.5, 0.6) is 0 Å². The molecular formula is C18H15O3PS. The molecule has 0 aliphatic rings. The Hall–Kier alpha value is -2.00. The number of hydrogen-bond donors (Lipinski definition) is 1. The van der Waals surface area contributed by atoms with Crippen LogP contribution in [0, 0.1) is 0 Å². The molecule has 0 radical (unpaired) electrons. The largest absolute Gasteiger partial charge is 0.295 e. The van der Waals surface area contributed by atoms with E-state index in [1.165, 1.54) is 0 Å². The van der Waals surface area contributed by atoms with Crippen LogP contribution in [0.4, 0.5) is 0 Å². The number of hydrogen-bond acceptors (Lipinski definition) is 2. The molecule has 0 aliphatic carbocycles. The SMILES string of the molecule is O=S(=O)(O)c1c(-c2ccccc2)ccc(P)c1-c1ccccc1. The predicted molar refractivity (Wildman–Crippen MR) is 96.5 cm³/mol. The highest BCUT2D eigenvalue weighted by Crippen LogP contribution is 2.35. The van der Waals surface area contributed by atoms with E-state index in [0.29, 0.717) is 16.4 Å². The summed E-state index contributed by atoms with van der Waals surface area (Å²) in [4.78, 5) is -0.0672. The molecule has 1 unspecified atom stereocenters. The molecule has 116 valence electrons. The molecule has 0 bridgehead atoms. The van der Waals surface area contributed by atoms with E-state index in [1.807, 2.05) is 66.7 Å². The van der Waals surface area contributed by atoms with Crippen LogP contribution in [0.1, 0.15) is 0 Å². The maximum Gasteiger partial charge on any atom is 0.295 e. The summed E-state index contributed by atoms with van der Waals surface area (Å²) >= 11 is 0. The van der Waals surface area contributed by atoms with Crippen molar-refractivity contribution in [3.8, 4) is 22.3 Å². The fourth-order valence-electron chi connectivity index (χ4n) is 2.61. The fourth-order valence-corrected chi connectivity index (χ4v) is 4.08. The van der Waals surface area contributed by atoms with Gasteiger partial charge in [0.05, 0.1) is 0 Å². The molecule has 1 atom stereocenters. The van der Waals surface area contributed by atoms with Crippen LogP contribution in [0.25, 0.3) is 22.3 Å². The molecule has 3 nitrogen and oxygen atoms in total. The summed E-state index contributed by atoms with van der Waals surface area (Å²) in [7, 11) is -1.86. The van der Waals surface area contributed by atoms with Gasteiger partial charge in [-0.3, -0.25) is 4.55 Å². The van der Waals surface area contributed by atoms with Crippen molar-refractivity contribution in [1.82, 2.24) is 0 Å². The average molecular weight is 342 g/mol. The van der Waals surface area contributed by atoms with Crippen molar-refractivity contribution in [2.45, 2.75) is 4.90 Å². The van der Waals surface area contributed by atoms with Crippen LogP contribution in [0.2, 0.25) is 0 Å². The summed E-state index contributed by atoms with van der Waals surface area (Å²) in [6.07, 6.45) is 0. The third-order valence-electron chi connectivity index (χ3n) is 3.60. The minimum Gasteiger partial charge on any atom is -0.282 e. The molecule has 0 aliphatic heterocycles. The summed E-state index contributed by atoms with van der Waals surface area (Å²) in [5.74, 6) is 0. The van der Waals surface area contributed by atoms with E-state index in [1.54, 1.807) is 6.07 Å². The molecule has 0 fully saturated rings. The standard InChI is InChI=1S/C18H15O3PS/c19-23(20,21)18-15(13-7-3-1-4-8-13)11-12-16(22)17(18)14-9-5-2-6-10-14/h1-12H,22H2,(H,19,20,21). The first-order valence-electron chi connectivity index (χ1n) is 6.99. The summed E-state index contributed by atoms with van der Waals surface area (Å²) in [6, 6.07) is 21.9. The van der Waals surface area contributed by atoms with Gasteiger partial charge in [0, 0.05) is 11.1 Å². The predicted octanol–water partition coefficient (Wildman–Crippen LogP) is 3.77. The Morgan fingerprint density at radius 2 is 1.26 bits per heavy atom. The van der Waals surface area contributed by atoms with E-state index in [-0.39, 0.29) is 4.90 Å². The highest BCUT2D eigenvalue weighted by molar-refractivity contribution is 7.86. The van der Waals surface area contributed by atoms with Gasteiger partial charge >= 0.3 is 0 Å². The highest BCUT2D eigenvalue weighted by atomic mass is 32.2. The van der Waals surface area contributed by atoms with Gasteiger partial charge in [0.15, 0.2) is 0 Å². The maximum atomic E-state index is 12.1. The second-order valence-electron chi connectivity index (χ2n) is 5.11. The van der Waals surface area contributed by atoms with Crippen molar-refractivity contribution in [3.63, 3.8) is 0 Å². The smallest absolute Gasteiger partial charge is 0.282 e. The molecule has 0 heterocycles. The normalized spacial score (nSPS) is 11.4. The van der Waals surface area contributed by atoms with Crippen molar-refractivity contribution < 1.29 is 13.0 Å². The van der Waals surface area contributed by atoms with Gasteiger partial charge < -0.3 is 0 Å². The van der Waals surface area contributed by atoms with E-state index in [9.17, 15) is 13.0 Å². The van der Waals surface area contributed by atoms with Crippen molar-refractivity contribution in [2.75, 3.05) is 0 Å². The van der Waals surface area contributed by atoms with Crippen molar-refractivity contribution in [1.29, 1.82) is 0 Å². The fraction of sp³-hybridized carbons (Fsp3) is 0. The molecule has 0 saturated carbocycles. The lowest BCUT2D eigenvalue weighted by Crippen LogP contribution is -2.10. The van der Waals surface area contributed by atoms with Crippen LogP contribution in [-0.4, -0.2) is 13.0 Å². The van der Waals surface area contributed by atoms with Gasteiger partial charge in [-0.1, -0.05) is 72.8 Å². The van der Waals surface area contributed by atoms with Crippen LogP contribution < -0.4 is 5.30 Å². The van der Waals surface area contributed by atoms with Gasteiger partial charge in [-0.05, 0) is 16.4 Å². The first kappa shape index (κ1) is 15.9. The van der Waals surface area contributed by atoms with Crippen LogP contribution >= 0.6 is 9.24 Å². The average Bonchev–Trinajstić information content (AvgIpc) is 2.55. The number of rotatable bonds is 3. The molecule has 0 amide bonds. The Bertz CT molecular complexity index is 937. The molecule has 3 aromatic carbocycles. The Kier molecular flexibility index (Phi) is 4.31. The first-order valence-corrected chi connectivity index (χ1v) is 9.01. The van der Waals surface area contributed by atoms with E-state index in [4.69, 9.17) is 0 Å². The van der Waals surface area contributed by atoms with E-state index in [2.05, 4.69) is 9.24 Å². The second kappa shape index (κ2) is 6.25. The van der Waals surface area contributed by atoms with Gasteiger partial charge in [-0.15, -0.1) is 9.24 Å². The summed E-state index contributed by atoms with van der Waals surface area (Å²) in [5.41, 5.74) is 2.46. The minimum atomic E-state index is -4.40. The Labute approximate surface area is 138 Å². The lowest BCUT2D eigenvalue weighted by Gasteiger charge is -2.15. The van der Waals surface area contributed by atoms with Gasteiger partial charge in [0.1, 0.15) is 4.90 Å². The second-order valence-corrected chi connectivity index (χ2v) is 7.09. The Balaban J connectivity index is 2.41. The Morgan fingerprint density at radius 3 is 1.78 bits per heavy atom. The molecule has 3 rings (SSSR count). The topological polar surface area (TPSA) is 54.4 Å². The van der Waals surface area contributed by atoms with Crippen molar-refractivity contribution in [3.05, 3.63) is 72.8 Å². The lowest BCUT2D eigenvalue weighted by molar-refractivity contribution is 0.484. The third-order valence-corrected chi connectivity index (χ3v) is 5.02. The molecular weight excluding hydrogens is 327 g/mol. The summed E-state index contributed by atoms with van der Waals surface area (Å²) in [5, 5.41) is 0.712. The van der Waals surface area contributed by atoms with E-state index in [0.717, 1.165) is 11.1 Å². The summed E-state index contributed by atoms with van der Waals surface area (Å²) in [6.45, 7) is 0. The van der Waals surface area contributed by atoms with Gasteiger partial charge in [0.25, 0.3) is 10.1 Å². The Morgan fingerprint density at radius 1 is 0.739 bits per heavy atom. The van der Waals surface area contributed by atoms with Crippen molar-refractivity contribution in [2.24, 2.45) is 0 Å². The molecule has 3 aromatic rings. The molecule has 1 N–H and O–H groups in total. The van der Waals surface area contributed by atoms with Gasteiger partial charge in [-0.25, -0.2) is 0 Å². The molecule has 0 spiro atoms. The molecule has 23 heavy (non-hydrogen) atoms. The first-order chi connectivity index (χ1) is 11.0. The van der Waals surface area contributed by atoms with Gasteiger partial charge in [-0.2, -0.15) is 8.42 Å². The molecule has 0 saturated heterocycles. The monoisotopic (exact) mass is 342 g/mol. The van der Waals surface area contributed by atoms with Crippen LogP contribution in [0.3, 0.4) is 0 Å². The summed E-state index contributed by atoms with van der Waals surface area (Å²) < 4.78 is 34.1. The molecule has 5 heteroatoms. The zero-order valence-electron chi connectivity index (χ0n) is 12.2. The number of benzene rings is 3. The highest BCUT2D eigenvalue weighted by Gasteiger charge is 2.23.